The fourth-order valence-corrected chi connectivity index (χ4v) is 1.80. The molecule has 0 amide bonds. The first-order valence-electron chi connectivity index (χ1n) is 4.45. The van der Waals surface area contributed by atoms with Crippen molar-refractivity contribution in [2.24, 2.45) is 10.7 Å². The van der Waals surface area contributed by atoms with Crippen LogP contribution in [0.15, 0.2) is 23.2 Å². The van der Waals surface area contributed by atoms with Crippen molar-refractivity contribution in [3.63, 3.8) is 0 Å². The summed E-state index contributed by atoms with van der Waals surface area (Å²) in [6.45, 7) is 1.53. The molecule has 3 nitrogen and oxygen atoms in total. The van der Waals surface area contributed by atoms with E-state index in [2.05, 4.69) is 9.89 Å². The summed E-state index contributed by atoms with van der Waals surface area (Å²) in [6, 6.07) is 5.68. The maximum Gasteiger partial charge on any atom is 0.114 e. The molecule has 0 aliphatic carbocycles. The monoisotopic (exact) mass is 281 g/mol. The summed E-state index contributed by atoms with van der Waals surface area (Å²) in [4.78, 5) is 6.44. The number of rotatable bonds is 0. The Hall–Kier alpha value is -0.480. The van der Waals surface area contributed by atoms with E-state index in [1.807, 2.05) is 25.2 Å². The number of amidine groups is 1. The second-order valence-corrected chi connectivity index (χ2v) is 3.98. The SMILES string of the molecule is CN1CC(N)=Nc2ccc(Cl)cc2C1.Cl.Cl. The van der Waals surface area contributed by atoms with E-state index in [4.69, 9.17) is 17.3 Å². The lowest BCUT2D eigenvalue weighted by molar-refractivity contribution is 0.376. The molecule has 1 aliphatic rings. The van der Waals surface area contributed by atoms with Crippen molar-refractivity contribution in [3.8, 4) is 0 Å². The van der Waals surface area contributed by atoms with E-state index in [9.17, 15) is 0 Å². The standard InChI is InChI=1S/C10H12ClN3.2ClH/c1-14-5-7-4-8(11)2-3-9(7)13-10(12)6-14;;/h2-4H,5-6H2,1H3,(H2,12,13);2*1H. The van der Waals surface area contributed by atoms with Gasteiger partial charge in [0, 0.05) is 11.6 Å². The number of likely N-dealkylation sites (N-methyl/N-ethyl adjacent to an activating group) is 1. The average molecular weight is 283 g/mol. The van der Waals surface area contributed by atoms with Crippen LogP contribution in [-0.2, 0) is 6.54 Å². The van der Waals surface area contributed by atoms with E-state index in [-0.39, 0.29) is 24.8 Å². The van der Waals surface area contributed by atoms with Crippen LogP contribution in [0.25, 0.3) is 0 Å². The van der Waals surface area contributed by atoms with Crippen LogP contribution in [0, 0.1) is 0 Å². The smallest absolute Gasteiger partial charge is 0.114 e. The minimum absolute atomic E-state index is 0. The second kappa shape index (κ2) is 6.30. The van der Waals surface area contributed by atoms with Crippen LogP contribution in [0.1, 0.15) is 5.56 Å². The molecule has 0 saturated heterocycles. The second-order valence-electron chi connectivity index (χ2n) is 3.55. The van der Waals surface area contributed by atoms with Crippen LogP contribution in [-0.4, -0.2) is 24.3 Å². The number of aliphatic imine (C=N–C) groups is 1. The molecule has 0 spiro atoms. The highest BCUT2D eigenvalue weighted by molar-refractivity contribution is 6.30. The van der Waals surface area contributed by atoms with Crippen LogP contribution in [0.3, 0.4) is 0 Å². The molecule has 0 aromatic heterocycles. The third-order valence-electron chi connectivity index (χ3n) is 2.18. The summed E-state index contributed by atoms with van der Waals surface area (Å²) >= 11 is 5.92. The Morgan fingerprint density at radius 3 is 2.69 bits per heavy atom. The molecule has 0 atom stereocenters. The third-order valence-corrected chi connectivity index (χ3v) is 2.41. The number of halogens is 3. The average Bonchev–Trinajstić information content (AvgIpc) is 2.21. The molecule has 0 radical (unpaired) electrons. The Labute approximate surface area is 112 Å². The summed E-state index contributed by atoms with van der Waals surface area (Å²) in [6.07, 6.45) is 0. The lowest BCUT2D eigenvalue weighted by Gasteiger charge is -2.13. The van der Waals surface area contributed by atoms with Gasteiger partial charge >= 0.3 is 0 Å². The van der Waals surface area contributed by atoms with Gasteiger partial charge < -0.3 is 5.73 Å². The molecule has 2 N–H and O–H groups in total. The van der Waals surface area contributed by atoms with Crippen molar-refractivity contribution in [2.45, 2.75) is 6.54 Å². The van der Waals surface area contributed by atoms with E-state index >= 15 is 0 Å². The van der Waals surface area contributed by atoms with Gasteiger partial charge in [0.25, 0.3) is 0 Å². The molecule has 1 aliphatic heterocycles. The van der Waals surface area contributed by atoms with E-state index in [0.717, 1.165) is 22.8 Å². The molecule has 1 heterocycles. The van der Waals surface area contributed by atoms with Gasteiger partial charge in [-0.15, -0.1) is 24.8 Å². The van der Waals surface area contributed by atoms with Gasteiger partial charge in [-0.1, -0.05) is 11.6 Å². The van der Waals surface area contributed by atoms with Crippen molar-refractivity contribution >= 4 is 47.9 Å². The van der Waals surface area contributed by atoms with Gasteiger partial charge in [-0.25, -0.2) is 4.99 Å². The molecule has 0 fully saturated rings. The van der Waals surface area contributed by atoms with Crippen molar-refractivity contribution in [2.75, 3.05) is 13.6 Å². The minimum atomic E-state index is 0. The van der Waals surface area contributed by atoms with Gasteiger partial charge in [-0.3, -0.25) is 4.90 Å². The minimum Gasteiger partial charge on any atom is -0.386 e. The van der Waals surface area contributed by atoms with Gasteiger partial charge in [0.1, 0.15) is 5.84 Å². The first-order valence-corrected chi connectivity index (χ1v) is 4.83. The molecular weight excluding hydrogens is 268 g/mol. The zero-order valence-electron chi connectivity index (χ0n) is 8.81. The number of hydrogen-bond acceptors (Lipinski definition) is 3. The fourth-order valence-electron chi connectivity index (χ4n) is 1.60. The highest BCUT2D eigenvalue weighted by Gasteiger charge is 2.11. The van der Waals surface area contributed by atoms with Gasteiger partial charge in [0.2, 0.25) is 0 Å². The molecule has 90 valence electrons. The summed E-state index contributed by atoms with van der Waals surface area (Å²) in [5.74, 6) is 0.647. The normalized spacial score (nSPS) is 15.0. The number of hydrogen-bond donors (Lipinski definition) is 1. The lowest BCUT2D eigenvalue weighted by atomic mass is 10.2. The molecule has 16 heavy (non-hydrogen) atoms. The molecule has 0 bridgehead atoms. The van der Waals surface area contributed by atoms with Crippen LogP contribution in [0.4, 0.5) is 5.69 Å². The molecule has 0 unspecified atom stereocenters. The number of benzene rings is 1. The van der Waals surface area contributed by atoms with Crippen molar-refractivity contribution in [3.05, 3.63) is 28.8 Å². The lowest BCUT2D eigenvalue weighted by Crippen LogP contribution is -2.28. The van der Waals surface area contributed by atoms with Crippen molar-refractivity contribution < 1.29 is 0 Å². The topological polar surface area (TPSA) is 41.6 Å². The maximum absolute atomic E-state index is 5.92. The number of nitrogens with zero attached hydrogens (tertiary/aromatic N) is 2. The zero-order chi connectivity index (χ0) is 10.1. The highest BCUT2D eigenvalue weighted by Crippen LogP contribution is 2.25. The van der Waals surface area contributed by atoms with Crippen LogP contribution >= 0.6 is 36.4 Å². The molecule has 1 aromatic rings. The van der Waals surface area contributed by atoms with Gasteiger partial charge in [-0.2, -0.15) is 0 Å². The summed E-state index contributed by atoms with van der Waals surface area (Å²) in [5, 5.41) is 0.743. The van der Waals surface area contributed by atoms with Crippen LogP contribution in [0.5, 0.6) is 0 Å². The van der Waals surface area contributed by atoms with E-state index in [1.54, 1.807) is 0 Å². The summed E-state index contributed by atoms with van der Waals surface area (Å²) < 4.78 is 0. The van der Waals surface area contributed by atoms with E-state index in [1.165, 1.54) is 0 Å². The predicted octanol–water partition coefficient (Wildman–Crippen LogP) is 2.62. The van der Waals surface area contributed by atoms with Crippen molar-refractivity contribution in [1.29, 1.82) is 0 Å². The van der Waals surface area contributed by atoms with Gasteiger partial charge in [0.15, 0.2) is 0 Å². The van der Waals surface area contributed by atoms with Gasteiger partial charge in [-0.05, 0) is 30.8 Å². The van der Waals surface area contributed by atoms with Crippen LogP contribution < -0.4 is 5.73 Å². The first-order chi connectivity index (χ1) is 6.65. The maximum atomic E-state index is 5.92. The quantitative estimate of drug-likeness (QED) is 0.795. The number of nitrogens with two attached hydrogens (primary N) is 1. The van der Waals surface area contributed by atoms with E-state index in [0.29, 0.717) is 12.4 Å². The Bertz CT molecular complexity index is 393. The Balaban J connectivity index is 0.00000112. The molecule has 1 aromatic carbocycles. The summed E-state index contributed by atoms with van der Waals surface area (Å²) in [7, 11) is 2.01. The first kappa shape index (κ1) is 15.5. The Morgan fingerprint density at radius 1 is 1.31 bits per heavy atom. The fraction of sp³-hybridized carbons (Fsp3) is 0.300. The molecule has 0 saturated carbocycles. The van der Waals surface area contributed by atoms with Gasteiger partial charge in [0.05, 0.1) is 12.2 Å². The predicted molar refractivity (Wildman–Crippen MR) is 73.6 cm³/mol. The Kier molecular flexibility index (Phi) is 6.11. The van der Waals surface area contributed by atoms with Crippen LogP contribution in [0.2, 0.25) is 5.02 Å². The molecule has 2 rings (SSSR count). The highest BCUT2D eigenvalue weighted by atomic mass is 35.5. The number of fused-ring (bicyclic) bond motifs is 1. The zero-order valence-corrected chi connectivity index (χ0v) is 11.2. The Morgan fingerprint density at radius 2 is 2.00 bits per heavy atom. The van der Waals surface area contributed by atoms with Crippen molar-refractivity contribution in [1.82, 2.24) is 4.90 Å². The molecule has 6 heteroatoms. The van der Waals surface area contributed by atoms with E-state index < -0.39 is 0 Å². The molecular formula is C10H14Cl3N3. The largest absolute Gasteiger partial charge is 0.386 e. The third kappa shape index (κ3) is 3.52. The summed E-state index contributed by atoms with van der Waals surface area (Å²) in [5.41, 5.74) is 7.81.